The molecular weight excluding hydrogens is 446 g/mol. The highest BCUT2D eigenvalue weighted by molar-refractivity contribution is 5.97. The van der Waals surface area contributed by atoms with Crippen molar-refractivity contribution in [2.24, 2.45) is 0 Å². The first-order chi connectivity index (χ1) is 16.2. The van der Waals surface area contributed by atoms with Crippen LogP contribution in [0.3, 0.4) is 0 Å². The third-order valence-electron chi connectivity index (χ3n) is 5.61. The molecule has 1 N–H and O–H groups in total. The molecule has 34 heavy (non-hydrogen) atoms. The van der Waals surface area contributed by atoms with E-state index in [-0.39, 0.29) is 29.7 Å². The van der Waals surface area contributed by atoms with Crippen LogP contribution in [-0.2, 0) is 14.3 Å². The van der Waals surface area contributed by atoms with Crippen LogP contribution in [0.15, 0.2) is 36.5 Å². The lowest BCUT2D eigenvalue weighted by atomic mass is 10.2. The Kier molecular flexibility index (Phi) is 8.51. The third kappa shape index (κ3) is 6.27. The third-order valence-corrected chi connectivity index (χ3v) is 5.61. The standard InChI is InChI=1S/C17H24N4O3.C7H6F2O/c1-11-9-20(3)10-16(22)21(11)15-8-13(6-7-18-15)19-17(23)14-5-4-12(2)24-14;1-10-6-4-2-3-5(8)7(6)9/h6-8,11-12,14H,4-5,9-10H2,1-3H3,(H,18,19,23);2-4H,1H3. The van der Waals surface area contributed by atoms with Crippen LogP contribution < -0.4 is 15.0 Å². The maximum absolute atomic E-state index is 12.5. The van der Waals surface area contributed by atoms with Gasteiger partial charge in [-0.3, -0.25) is 19.4 Å². The summed E-state index contributed by atoms with van der Waals surface area (Å²) < 4.78 is 34.9. The predicted octanol–water partition coefficient (Wildman–Crippen LogP) is 3.23. The highest BCUT2D eigenvalue weighted by Gasteiger charge is 2.31. The molecule has 10 heteroatoms. The van der Waals surface area contributed by atoms with Crippen LogP contribution in [0, 0.1) is 11.6 Å². The number of pyridine rings is 1. The van der Waals surface area contributed by atoms with Crippen molar-refractivity contribution < 1.29 is 27.8 Å². The number of amides is 2. The summed E-state index contributed by atoms with van der Waals surface area (Å²) in [5, 5.41) is 2.87. The van der Waals surface area contributed by atoms with E-state index in [1.165, 1.54) is 19.2 Å². The molecule has 0 saturated carbocycles. The summed E-state index contributed by atoms with van der Waals surface area (Å²) >= 11 is 0. The van der Waals surface area contributed by atoms with Crippen molar-refractivity contribution in [1.82, 2.24) is 9.88 Å². The Morgan fingerprint density at radius 3 is 2.62 bits per heavy atom. The van der Waals surface area contributed by atoms with Crippen molar-refractivity contribution in [1.29, 1.82) is 0 Å². The minimum absolute atomic E-state index is 0.0141. The Hall–Kier alpha value is -3.11. The van der Waals surface area contributed by atoms with E-state index in [9.17, 15) is 18.4 Å². The average Bonchev–Trinajstić information content (AvgIpc) is 3.22. The molecule has 2 aliphatic rings. The molecule has 3 unspecified atom stereocenters. The molecule has 184 valence electrons. The number of carbonyl (C=O) groups is 2. The first-order valence-electron chi connectivity index (χ1n) is 11.1. The number of nitrogens with one attached hydrogen (secondary N) is 1. The quantitative estimate of drug-likeness (QED) is 0.730. The number of hydrogen-bond acceptors (Lipinski definition) is 6. The molecule has 2 saturated heterocycles. The van der Waals surface area contributed by atoms with Gasteiger partial charge >= 0.3 is 0 Å². The van der Waals surface area contributed by atoms with E-state index in [2.05, 4.69) is 15.0 Å². The van der Waals surface area contributed by atoms with E-state index in [4.69, 9.17) is 4.74 Å². The second kappa shape index (κ2) is 11.3. The minimum Gasteiger partial charge on any atom is -0.494 e. The monoisotopic (exact) mass is 476 g/mol. The lowest BCUT2D eigenvalue weighted by molar-refractivity contribution is -0.126. The van der Waals surface area contributed by atoms with Crippen LogP contribution >= 0.6 is 0 Å². The fourth-order valence-electron chi connectivity index (χ4n) is 3.99. The molecule has 1 aromatic carbocycles. The van der Waals surface area contributed by atoms with Crippen LogP contribution in [0.4, 0.5) is 20.3 Å². The van der Waals surface area contributed by atoms with Gasteiger partial charge in [0, 0.05) is 30.5 Å². The number of halogens is 2. The summed E-state index contributed by atoms with van der Waals surface area (Å²) in [4.78, 5) is 32.6. The highest BCUT2D eigenvalue weighted by Crippen LogP contribution is 2.24. The number of benzene rings is 1. The van der Waals surface area contributed by atoms with Crippen molar-refractivity contribution in [2.75, 3.05) is 37.5 Å². The number of piperazine rings is 1. The van der Waals surface area contributed by atoms with Crippen LogP contribution in [0.1, 0.15) is 26.7 Å². The SMILES string of the molecule is CC1CCC(C(=O)Nc2ccnc(N3C(=O)CN(C)CC3C)c2)O1.COc1cccc(F)c1F. The topological polar surface area (TPSA) is 84.0 Å². The van der Waals surface area contributed by atoms with Crippen molar-refractivity contribution in [3.8, 4) is 5.75 Å². The van der Waals surface area contributed by atoms with Crippen molar-refractivity contribution in [2.45, 2.75) is 44.9 Å². The van der Waals surface area contributed by atoms with E-state index >= 15 is 0 Å². The molecule has 8 nitrogen and oxygen atoms in total. The number of hydrogen-bond donors (Lipinski definition) is 1. The number of nitrogens with zero attached hydrogens (tertiary/aromatic N) is 3. The number of carbonyl (C=O) groups excluding carboxylic acids is 2. The van der Waals surface area contributed by atoms with Gasteiger partial charge in [0.2, 0.25) is 11.7 Å². The number of rotatable bonds is 4. The molecule has 0 radical (unpaired) electrons. The van der Waals surface area contributed by atoms with Crippen molar-refractivity contribution >= 4 is 23.3 Å². The second-order valence-electron chi connectivity index (χ2n) is 8.47. The average molecular weight is 477 g/mol. The van der Waals surface area contributed by atoms with Gasteiger partial charge in [-0.25, -0.2) is 9.37 Å². The van der Waals surface area contributed by atoms with Gasteiger partial charge in [0.05, 0.1) is 19.8 Å². The van der Waals surface area contributed by atoms with Gasteiger partial charge < -0.3 is 14.8 Å². The number of ether oxygens (including phenoxy) is 2. The largest absolute Gasteiger partial charge is 0.494 e. The van der Waals surface area contributed by atoms with Gasteiger partial charge in [0.15, 0.2) is 11.6 Å². The minimum atomic E-state index is -0.940. The zero-order valence-corrected chi connectivity index (χ0v) is 19.8. The summed E-state index contributed by atoms with van der Waals surface area (Å²) in [6.45, 7) is 5.13. The number of methoxy groups -OCH3 is 1. The van der Waals surface area contributed by atoms with Gasteiger partial charge in [-0.1, -0.05) is 6.07 Å². The lowest BCUT2D eigenvalue weighted by Gasteiger charge is -2.37. The van der Waals surface area contributed by atoms with Crippen LogP contribution in [0.5, 0.6) is 5.75 Å². The fraction of sp³-hybridized carbons (Fsp3) is 0.458. The van der Waals surface area contributed by atoms with Gasteiger partial charge in [-0.2, -0.15) is 4.39 Å². The predicted molar refractivity (Wildman–Crippen MR) is 124 cm³/mol. The number of likely N-dealkylation sites (N-methyl/N-ethyl adjacent to an activating group) is 1. The summed E-state index contributed by atoms with van der Waals surface area (Å²) in [7, 11) is 3.22. The molecule has 2 fully saturated rings. The van der Waals surface area contributed by atoms with Gasteiger partial charge in [-0.15, -0.1) is 0 Å². The van der Waals surface area contributed by atoms with Crippen LogP contribution in [0.25, 0.3) is 0 Å². The van der Waals surface area contributed by atoms with Crippen molar-refractivity contribution in [3.05, 3.63) is 48.2 Å². The molecule has 0 aliphatic carbocycles. The van der Waals surface area contributed by atoms with E-state index in [0.29, 0.717) is 18.1 Å². The molecule has 2 amide bonds. The molecule has 3 atom stereocenters. The molecule has 0 spiro atoms. The Morgan fingerprint density at radius 1 is 1.24 bits per heavy atom. The number of anilines is 2. The van der Waals surface area contributed by atoms with E-state index in [1.54, 1.807) is 23.2 Å². The molecule has 1 aromatic heterocycles. The summed E-state index contributed by atoms with van der Waals surface area (Å²) in [5.74, 6) is -1.46. The van der Waals surface area contributed by atoms with Gasteiger partial charge in [0.25, 0.3) is 5.91 Å². The van der Waals surface area contributed by atoms with E-state index in [0.717, 1.165) is 25.5 Å². The maximum Gasteiger partial charge on any atom is 0.253 e. The van der Waals surface area contributed by atoms with E-state index in [1.807, 2.05) is 25.8 Å². The first kappa shape index (κ1) is 25.5. The van der Waals surface area contributed by atoms with Gasteiger partial charge in [0.1, 0.15) is 11.9 Å². The molecule has 4 rings (SSSR count). The molecule has 0 bridgehead atoms. The van der Waals surface area contributed by atoms with Crippen molar-refractivity contribution in [3.63, 3.8) is 0 Å². The summed E-state index contributed by atoms with van der Waals surface area (Å²) in [5.41, 5.74) is 0.632. The Morgan fingerprint density at radius 2 is 2.00 bits per heavy atom. The Balaban J connectivity index is 0.000000271. The Bertz CT molecular complexity index is 1020. The van der Waals surface area contributed by atoms with Crippen LogP contribution in [0.2, 0.25) is 0 Å². The first-order valence-corrected chi connectivity index (χ1v) is 11.1. The normalized spacial score (nSPS) is 22.7. The molecule has 2 aliphatic heterocycles. The summed E-state index contributed by atoms with van der Waals surface area (Å²) in [6.07, 6.45) is 2.96. The molecular formula is C24H30F2N4O4. The summed E-state index contributed by atoms with van der Waals surface area (Å²) in [6, 6.07) is 7.29. The van der Waals surface area contributed by atoms with Crippen LogP contribution in [-0.4, -0.2) is 67.2 Å². The lowest BCUT2D eigenvalue weighted by Crippen LogP contribution is -2.54. The number of aromatic nitrogens is 1. The highest BCUT2D eigenvalue weighted by atomic mass is 19.2. The maximum atomic E-state index is 12.5. The fourth-order valence-corrected chi connectivity index (χ4v) is 3.99. The zero-order chi connectivity index (χ0) is 24.8. The second-order valence-corrected chi connectivity index (χ2v) is 8.47. The van der Waals surface area contributed by atoms with E-state index < -0.39 is 17.7 Å². The Labute approximate surface area is 197 Å². The zero-order valence-electron chi connectivity index (χ0n) is 19.8. The molecule has 2 aromatic rings. The smallest absolute Gasteiger partial charge is 0.253 e. The van der Waals surface area contributed by atoms with Gasteiger partial charge in [-0.05, 0) is 51.9 Å². The molecule has 3 heterocycles.